The van der Waals surface area contributed by atoms with Crippen LogP contribution in [0.5, 0.6) is 0 Å². The van der Waals surface area contributed by atoms with Crippen LogP contribution in [-0.2, 0) is 22.4 Å². The Morgan fingerprint density at radius 1 is 0.667 bits per heavy atom. The van der Waals surface area contributed by atoms with Gasteiger partial charge in [0.2, 0.25) is 11.8 Å². The van der Waals surface area contributed by atoms with E-state index in [0.717, 1.165) is 35.4 Å². The molecule has 2 N–H and O–H groups in total. The number of aromatic nitrogens is 2. The van der Waals surface area contributed by atoms with Crippen molar-refractivity contribution < 1.29 is 9.59 Å². The van der Waals surface area contributed by atoms with Gasteiger partial charge < -0.3 is 10.6 Å². The summed E-state index contributed by atoms with van der Waals surface area (Å²) in [6.07, 6.45) is 3.04. The van der Waals surface area contributed by atoms with Crippen molar-refractivity contribution in [2.75, 3.05) is 10.6 Å². The van der Waals surface area contributed by atoms with Crippen molar-refractivity contribution in [3.63, 3.8) is 0 Å². The summed E-state index contributed by atoms with van der Waals surface area (Å²) in [5.41, 5.74) is 6.38. The van der Waals surface area contributed by atoms with Crippen LogP contribution >= 0.6 is 22.7 Å². The number of amides is 2. The number of carbonyl (C=O) groups excluding carboxylic acids is 2. The van der Waals surface area contributed by atoms with Crippen LogP contribution in [-0.4, -0.2) is 21.8 Å². The molecule has 0 fully saturated rings. The first kappa shape index (κ1) is 28.6. The highest BCUT2D eigenvalue weighted by Crippen LogP contribution is 2.27. The maximum absolute atomic E-state index is 12.4. The number of hydrogen-bond donors (Lipinski definition) is 2. The second-order valence-corrected chi connectivity index (χ2v) is 12.3. The molecule has 204 valence electrons. The fourth-order valence-corrected chi connectivity index (χ4v) is 5.74. The van der Waals surface area contributed by atoms with Crippen molar-refractivity contribution in [3.05, 3.63) is 70.4 Å². The largest absolute Gasteiger partial charge is 0.302 e. The van der Waals surface area contributed by atoms with Crippen molar-refractivity contribution >= 4 is 44.8 Å². The van der Waals surface area contributed by atoms with E-state index in [2.05, 4.69) is 96.8 Å². The molecular formula is C31H36N4O2S2. The molecule has 2 aromatic heterocycles. The average molecular weight is 561 g/mol. The molecule has 2 heterocycles. The van der Waals surface area contributed by atoms with Crippen molar-refractivity contribution in [3.8, 4) is 22.5 Å². The van der Waals surface area contributed by atoms with E-state index in [9.17, 15) is 9.59 Å². The van der Waals surface area contributed by atoms with Gasteiger partial charge in [-0.15, -0.1) is 22.7 Å². The lowest BCUT2D eigenvalue weighted by atomic mass is 10.0. The molecule has 39 heavy (non-hydrogen) atoms. The minimum absolute atomic E-state index is 0.145. The minimum Gasteiger partial charge on any atom is -0.302 e. The molecule has 0 spiro atoms. The Balaban J connectivity index is 1.19. The summed E-state index contributed by atoms with van der Waals surface area (Å²) in [5.74, 6) is 0.944. The molecule has 0 unspecified atom stereocenters. The third-order valence-electron chi connectivity index (χ3n) is 6.10. The molecule has 6 nitrogen and oxygen atoms in total. The Hall–Kier alpha value is -3.36. The monoisotopic (exact) mass is 560 g/mol. The van der Waals surface area contributed by atoms with Crippen LogP contribution in [0.4, 0.5) is 10.3 Å². The highest BCUT2D eigenvalue weighted by Gasteiger charge is 2.12. The third kappa shape index (κ3) is 8.83. The van der Waals surface area contributed by atoms with Gasteiger partial charge in [-0.2, -0.15) is 0 Å². The van der Waals surface area contributed by atoms with Gasteiger partial charge in [0.05, 0.1) is 11.4 Å². The minimum atomic E-state index is -0.145. The van der Waals surface area contributed by atoms with Crippen LogP contribution < -0.4 is 10.6 Å². The van der Waals surface area contributed by atoms with Gasteiger partial charge >= 0.3 is 0 Å². The lowest BCUT2D eigenvalue weighted by Crippen LogP contribution is -2.14. The van der Waals surface area contributed by atoms with Gasteiger partial charge in [-0.3, -0.25) is 9.59 Å². The fraction of sp³-hybridized carbons (Fsp3) is 0.355. The molecule has 0 aliphatic rings. The number of nitrogens with one attached hydrogen (secondary N) is 2. The number of nitrogens with zero attached hydrogens (tertiary/aromatic N) is 2. The second-order valence-electron chi connectivity index (χ2n) is 10.6. The van der Waals surface area contributed by atoms with E-state index < -0.39 is 0 Å². The van der Waals surface area contributed by atoms with Crippen molar-refractivity contribution in [2.24, 2.45) is 11.8 Å². The van der Waals surface area contributed by atoms with Crippen LogP contribution in [0.2, 0.25) is 0 Å². The van der Waals surface area contributed by atoms with Crippen LogP contribution in [0.3, 0.4) is 0 Å². The SMILES string of the molecule is CC(C)Cc1ccc(-c2csc(NC(=O)CCCC(=O)Nc3nc(-c4ccc(CC(C)C)cc4)cs3)n2)cc1. The normalized spacial score (nSPS) is 11.2. The third-order valence-corrected chi connectivity index (χ3v) is 7.61. The number of hydrogen-bond acceptors (Lipinski definition) is 6. The molecule has 8 heteroatoms. The highest BCUT2D eigenvalue weighted by atomic mass is 32.1. The van der Waals surface area contributed by atoms with Gasteiger partial charge in [0.15, 0.2) is 10.3 Å². The van der Waals surface area contributed by atoms with Crippen LogP contribution in [0.15, 0.2) is 59.3 Å². The lowest BCUT2D eigenvalue weighted by molar-refractivity contribution is -0.117. The number of carbonyl (C=O) groups is 2. The van der Waals surface area contributed by atoms with Crippen molar-refractivity contribution in [2.45, 2.75) is 59.8 Å². The Kier molecular flexibility index (Phi) is 10.0. The molecule has 0 aliphatic heterocycles. The highest BCUT2D eigenvalue weighted by molar-refractivity contribution is 7.14. The summed E-state index contributed by atoms with van der Waals surface area (Å²) < 4.78 is 0. The Morgan fingerprint density at radius 3 is 1.41 bits per heavy atom. The van der Waals surface area contributed by atoms with E-state index in [4.69, 9.17) is 0 Å². The van der Waals surface area contributed by atoms with Gasteiger partial charge in [0.1, 0.15) is 0 Å². The molecule has 0 aliphatic carbocycles. The van der Waals surface area contributed by atoms with Gasteiger partial charge in [0, 0.05) is 34.7 Å². The molecule has 0 saturated carbocycles. The molecule has 4 aromatic rings. The van der Waals surface area contributed by atoms with Gasteiger partial charge in [-0.05, 0) is 42.2 Å². The van der Waals surface area contributed by atoms with Crippen LogP contribution in [0.1, 0.15) is 58.1 Å². The number of rotatable bonds is 12. The maximum atomic E-state index is 12.4. The zero-order valence-corrected chi connectivity index (χ0v) is 24.6. The first-order valence-corrected chi connectivity index (χ1v) is 15.2. The van der Waals surface area contributed by atoms with E-state index in [1.165, 1.54) is 33.8 Å². The second kappa shape index (κ2) is 13.6. The summed E-state index contributed by atoms with van der Waals surface area (Å²) in [5, 5.41) is 10.7. The summed E-state index contributed by atoms with van der Waals surface area (Å²) in [4.78, 5) is 33.9. The Bertz CT molecular complexity index is 1270. The van der Waals surface area contributed by atoms with Gasteiger partial charge in [-0.25, -0.2) is 9.97 Å². The zero-order valence-electron chi connectivity index (χ0n) is 23.0. The molecule has 0 saturated heterocycles. The summed E-state index contributed by atoms with van der Waals surface area (Å²) in [6.45, 7) is 8.84. The molecule has 0 atom stereocenters. The Morgan fingerprint density at radius 2 is 1.05 bits per heavy atom. The summed E-state index contributed by atoms with van der Waals surface area (Å²) in [6, 6.07) is 16.8. The first-order valence-electron chi connectivity index (χ1n) is 13.4. The number of benzene rings is 2. The Labute approximate surface area is 238 Å². The smallest absolute Gasteiger partial charge is 0.226 e. The summed E-state index contributed by atoms with van der Waals surface area (Å²) >= 11 is 2.81. The quantitative estimate of drug-likeness (QED) is 0.183. The fourth-order valence-electron chi connectivity index (χ4n) is 4.27. The molecule has 2 aromatic carbocycles. The molecule has 0 bridgehead atoms. The predicted molar refractivity (Wildman–Crippen MR) is 163 cm³/mol. The number of thiazole rings is 2. The molecule has 4 rings (SSSR count). The standard InChI is InChI=1S/C31H36N4O2S2/c1-20(2)16-22-8-12-24(13-9-22)26-18-38-30(32-26)34-28(36)6-5-7-29(37)35-31-33-27(19-39-31)25-14-10-23(11-15-25)17-21(3)4/h8-15,18-21H,5-7,16-17H2,1-4H3,(H,32,34,36)(H,33,35,37). The van der Waals surface area contributed by atoms with E-state index in [-0.39, 0.29) is 24.7 Å². The zero-order chi connectivity index (χ0) is 27.8. The van der Waals surface area contributed by atoms with E-state index in [1.54, 1.807) is 0 Å². The van der Waals surface area contributed by atoms with Crippen molar-refractivity contribution in [1.82, 2.24) is 9.97 Å². The molecule has 2 amide bonds. The first-order chi connectivity index (χ1) is 18.7. The van der Waals surface area contributed by atoms with Crippen molar-refractivity contribution in [1.29, 1.82) is 0 Å². The maximum Gasteiger partial charge on any atom is 0.226 e. The molecule has 0 radical (unpaired) electrons. The molecular weight excluding hydrogens is 525 g/mol. The van der Waals surface area contributed by atoms with Crippen LogP contribution in [0, 0.1) is 11.8 Å². The topological polar surface area (TPSA) is 84.0 Å². The lowest BCUT2D eigenvalue weighted by Gasteiger charge is -2.05. The van der Waals surface area contributed by atoms with Gasteiger partial charge in [-0.1, -0.05) is 76.2 Å². The summed E-state index contributed by atoms with van der Waals surface area (Å²) in [7, 11) is 0. The van der Waals surface area contributed by atoms with Gasteiger partial charge in [0.25, 0.3) is 0 Å². The van der Waals surface area contributed by atoms with E-state index in [1.807, 2.05) is 10.8 Å². The van der Waals surface area contributed by atoms with E-state index >= 15 is 0 Å². The predicted octanol–water partition coefficient (Wildman–Crippen LogP) is 8.08. The van der Waals surface area contributed by atoms with E-state index in [0.29, 0.717) is 28.5 Å². The van der Waals surface area contributed by atoms with Crippen LogP contribution in [0.25, 0.3) is 22.5 Å². The number of anilines is 2. The average Bonchev–Trinajstić information content (AvgIpc) is 3.54.